The van der Waals surface area contributed by atoms with Crippen LogP contribution in [0.1, 0.15) is 5.56 Å². The maximum atomic E-state index is 11.1. The van der Waals surface area contributed by atoms with Crippen LogP contribution in [0.4, 0.5) is 0 Å². The van der Waals surface area contributed by atoms with Gasteiger partial charge in [0, 0.05) is 5.02 Å². The van der Waals surface area contributed by atoms with Crippen molar-refractivity contribution in [3.63, 3.8) is 0 Å². The fourth-order valence-corrected chi connectivity index (χ4v) is 1.80. The van der Waals surface area contributed by atoms with Gasteiger partial charge in [0.25, 0.3) is 0 Å². The predicted molar refractivity (Wildman–Crippen MR) is 64.7 cm³/mol. The molecule has 0 radical (unpaired) electrons. The van der Waals surface area contributed by atoms with Crippen LogP contribution in [0.15, 0.2) is 36.4 Å². The van der Waals surface area contributed by atoms with Crippen molar-refractivity contribution in [3.8, 4) is 0 Å². The highest BCUT2D eigenvalue weighted by molar-refractivity contribution is 6.31. The molecule has 0 aliphatic rings. The first-order chi connectivity index (χ1) is 7.69. The Morgan fingerprint density at radius 1 is 1.19 bits per heavy atom. The minimum absolute atomic E-state index is 0.235. The molecule has 0 aromatic heterocycles. The summed E-state index contributed by atoms with van der Waals surface area (Å²) in [6.45, 7) is 0. The van der Waals surface area contributed by atoms with E-state index in [9.17, 15) is 4.79 Å². The number of hydrogen-bond acceptors (Lipinski definition) is 2. The number of hydrogen-bond donors (Lipinski definition) is 0. The van der Waals surface area contributed by atoms with Gasteiger partial charge in [0.05, 0.1) is 13.5 Å². The number of fused-ring (bicyclic) bond motifs is 1. The van der Waals surface area contributed by atoms with Crippen LogP contribution in [0.25, 0.3) is 10.8 Å². The van der Waals surface area contributed by atoms with Crippen LogP contribution in [0.5, 0.6) is 0 Å². The van der Waals surface area contributed by atoms with Crippen molar-refractivity contribution in [2.24, 2.45) is 0 Å². The summed E-state index contributed by atoms with van der Waals surface area (Å²) in [6.07, 6.45) is 0.291. The first kappa shape index (κ1) is 11.0. The summed E-state index contributed by atoms with van der Waals surface area (Å²) in [5, 5.41) is 2.84. The van der Waals surface area contributed by atoms with Crippen LogP contribution >= 0.6 is 11.6 Å². The number of benzene rings is 2. The molecule has 3 heteroatoms. The summed E-state index contributed by atoms with van der Waals surface area (Å²) in [7, 11) is 1.39. The monoisotopic (exact) mass is 234 g/mol. The Balaban J connectivity index is 2.39. The van der Waals surface area contributed by atoms with Gasteiger partial charge in [-0.2, -0.15) is 0 Å². The Kier molecular flexibility index (Phi) is 3.11. The van der Waals surface area contributed by atoms with E-state index in [4.69, 9.17) is 11.6 Å². The molecule has 2 aromatic carbocycles. The molecule has 16 heavy (non-hydrogen) atoms. The number of methoxy groups -OCH3 is 1. The van der Waals surface area contributed by atoms with E-state index in [1.807, 2.05) is 36.4 Å². The topological polar surface area (TPSA) is 26.3 Å². The van der Waals surface area contributed by atoms with Gasteiger partial charge in [0.1, 0.15) is 0 Å². The average molecular weight is 235 g/mol. The van der Waals surface area contributed by atoms with Gasteiger partial charge in [-0.15, -0.1) is 0 Å². The maximum Gasteiger partial charge on any atom is 0.309 e. The van der Waals surface area contributed by atoms with Gasteiger partial charge >= 0.3 is 5.97 Å². The van der Waals surface area contributed by atoms with Gasteiger partial charge in [-0.3, -0.25) is 4.79 Å². The lowest BCUT2D eigenvalue weighted by molar-refractivity contribution is -0.139. The van der Waals surface area contributed by atoms with Crippen LogP contribution in [0.2, 0.25) is 5.02 Å². The van der Waals surface area contributed by atoms with Crippen molar-refractivity contribution in [1.29, 1.82) is 0 Å². The van der Waals surface area contributed by atoms with E-state index in [1.54, 1.807) is 0 Å². The van der Waals surface area contributed by atoms with Crippen molar-refractivity contribution < 1.29 is 9.53 Å². The molecule has 0 aliphatic carbocycles. The SMILES string of the molecule is COC(=O)Cc1ccc2ccc(Cl)cc2c1. The lowest BCUT2D eigenvalue weighted by atomic mass is 10.1. The molecule has 0 atom stereocenters. The lowest BCUT2D eigenvalue weighted by Gasteiger charge is -2.03. The second-order valence-electron chi connectivity index (χ2n) is 3.58. The van der Waals surface area contributed by atoms with Gasteiger partial charge in [0.15, 0.2) is 0 Å². The third kappa shape index (κ3) is 2.34. The van der Waals surface area contributed by atoms with Gasteiger partial charge < -0.3 is 4.74 Å². The van der Waals surface area contributed by atoms with Crippen molar-refractivity contribution in [3.05, 3.63) is 47.0 Å². The van der Waals surface area contributed by atoms with Crippen LogP contribution in [0.3, 0.4) is 0 Å². The Morgan fingerprint density at radius 3 is 2.69 bits per heavy atom. The lowest BCUT2D eigenvalue weighted by Crippen LogP contribution is -2.04. The first-order valence-corrected chi connectivity index (χ1v) is 5.32. The Hall–Kier alpha value is -1.54. The number of ether oxygens (including phenoxy) is 1. The minimum Gasteiger partial charge on any atom is -0.469 e. The van der Waals surface area contributed by atoms with E-state index < -0.39 is 0 Å². The standard InChI is InChI=1S/C13H11ClO2/c1-16-13(15)7-9-2-3-10-4-5-12(14)8-11(10)6-9/h2-6,8H,7H2,1H3. The minimum atomic E-state index is -0.235. The predicted octanol–water partition coefficient (Wildman–Crippen LogP) is 3.21. The Bertz CT molecular complexity index is 534. The number of carbonyl (C=O) groups is 1. The van der Waals surface area contributed by atoms with Crippen molar-refractivity contribution in [1.82, 2.24) is 0 Å². The highest BCUT2D eigenvalue weighted by Crippen LogP contribution is 2.20. The molecule has 0 saturated heterocycles. The molecule has 0 aliphatic heterocycles. The fraction of sp³-hybridized carbons (Fsp3) is 0.154. The second kappa shape index (κ2) is 4.54. The quantitative estimate of drug-likeness (QED) is 0.746. The molecular weight excluding hydrogens is 224 g/mol. The van der Waals surface area contributed by atoms with E-state index in [2.05, 4.69) is 4.74 Å². The molecular formula is C13H11ClO2. The summed E-state index contributed by atoms with van der Waals surface area (Å²) in [4.78, 5) is 11.1. The third-order valence-electron chi connectivity index (χ3n) is 2.44. The highest BCUT2D eigenvalue weighted by Gasteiger charge is 2.03. The van der Waals surface area contributed by atoms with E-state index in [1.165, 1.54) is 7.11 Å². The van der Waals surface area contributed by atoms with Gasteiger partial charge in [0.2, 0.25) is 0 Å². The molecule has 0 heterocycles. The van der Waals surface area contributed by atoms with Gasteiger partial charge in [-0.25, -0.2) is 0 Å². The van der Waals surface area contributed by atoms with E-state index in [-0.39, 0.29) is 5.97 Å². The van der Waals surface area contributed by atoms with Gasteiger partial charge in [-0.1, -0.05) is 35.9 Å². The average Bonchev–Trinajstić information content (AvgIpc) is 2.28. The Morgan fingerprint density at radius 2 is 1.94 bits per heavy atom. The van der Waals surface area contributed by atoms with E-state index >= 15 is 0 Å². The number of carbonyl (C=O) groups excluding carboxylic acids is 1. The third-order valence-corrected chi connectivity index (χ3v) is 2.68. The van der Waals surface area contributed by atoms with Crippen molar-refractivity contribution in [2.75, 3.05) is 7.11 Å². The van der Waals surface area contributed by atoms with E-state index in [0.717, 1.165) is 16.3 Å². The summed E-state index contributed by atoms with van der Waals surface area (Å²) in [5.74, 6) is -0.235. The molecule has 82 valence electrons. The number of esters is 1. The normalized spacial score (nSPS) is 10.4. The molecule has 0 saturated carbocycles. The molecule has 0 N–H and O–H groups in total. The van der Waals surface area contributed by atoms with Crippen LogP contribution in [0, 0.1) is 0 Å². The Labute approximate surface area is 98.8 Å². The highest BCUT2D eigenvalue weighted by atomic mass is 35.5. The number of rotatable bonds is 2. The smallest absolute Gasteiger partial charge is 0.309 e. The fourth-order valence-electron chi connectivity index (χ4n) is 1.62. The number of halogens is 1. The van der Waals surface area contributed by atoms with Crippen molar-refractivity contribution >= 4 is 28.3 Å². The summed E-state index contributed by atoms with van der Waals surface area (Å²) in [5.41, 5.74) is 0.932. The zero-order valence-corrected chi connectivity index (χ0v) is 9.62. The molecule has 0 spiro atoms. The molecule has 0 bridgehead atoms. The molecule has 2 rings (SSSR count). The van der Waals surface area contributed by atoms with Gasteiger partial charge in [-0.05, 0) is 28.5 Å². The molecule has 0 fully saturated rings. The summed E-state index contributed by atoms with van der Waals surface area (Å²) >= 11 is 5.91. The second-order valence-corrected chi connectivity index (χ2v) is 4.02. The van der Waals surface area contributed by atoms with Crippen LogP contribution < -0.4 is 0 Å². The van der Waals surface area contributed by atoms with Crippen LogP contribution in [-0.2, 0) is 16.0 Å². The molecule has 2 aromatic rings. The zero-order chi connectivity index (χ0) is 11.5. The zero-order valence-electron chi connectivity index (χ0n) is 8.87. The largest absolute Gasteiger partial charge is 0.469 e. The molecule has 0 amide bonds. The van der Waals surface area contributed by atoms with E-state index in [0.29, 0.717) is 11.4 Å². The molecule has 2 nitrogen and oxygen atoms in total. The first-order valence-electron chi connectivity index (χ1n) is 4.94. The summed E-state index contributed by atoms with van der Waals surface area (Å²) < 4.78 is 4.62. The maximum absolute atomic E-state index is 11.1. The van der Waals surface area contributed by atoms with Crippen molar-refractivity contribution in [2.45, 2.75) is 6.42 Å². The molecule has 0 unspecified atom stereocenters. The van der Waals surface area contributed by atoms with Crippen LogP contribution in [-0.4, -0.2) is 13.1 Å². The summed E-state index contributed by atoms with van der Waals surface area (Å²) in [6, 6.07) is 11.6.